The Morgan fingerprint density at radius 2 is 1.65 bits per heavy atom. The van der Waals surface area contributed by atoms with Crippen molar-refractivity contribution in [2.24, 2.45) is 11.7 Å². The number of carbonyl (C=O) groups is 2. The molecule has 2 amide bonds. The fourth-order valence-electron chi connectivity index (χ4n) is 3.27. The normalized spacial score (nSPS) is 22.7. The van der Waals surface area contributed by atoms with E-state index in [-0.39, 0.29) is 11.8 Å². The number of hydrogen-bond acceptors (Lipinski definition) is 3. The molecule has 0 unspecified atom stereocenters. The van der Waals surface area contributed by atoms with Crippen molar-refractivity contribution in [1.82, 2.24) is 9.80 Å². The van der Waals surface area contributed by atoms with Crippen LogP contribution in [0.15, 0.2) is 0 Å². The molecule has 2 rings (SSSR count). The van der Waals surface area contributed by atoms with Crippen LogP contribution >= 0.6 is 0 Å². The molecule has 0 aromatic heterocycles. The van der Waals surface area contributed by atoms with E-state index in [1.807, 2.05) is 4.90 Å². The number of nitrogens with zero attached hydrogens (tertiary/aromatic N) is 2. The molecule has 5 heteroatoms. The minimum absolute atomic E-state index is 0.00454. The van der Waals surface area contributed by atoms with Gasteiger partial charge in [0.05, 0.1) is 6.04 Å². The highest BCUT2D eigenvalue weighted by Gasteiger charge is 2.25. The van der Waals surface area contributed by atoms with Gasteiger partial charge in [0.2, 0.25) is 11.8 Å². The zero-order valence-electron chi connectivity index (χ0n) is 12.5. The van der Waals surface area contributed by atoms with E-state index in [2.05, 4.69) is 0 Å². The van der Waals surface area contributed by atoms with Crippen LogP contribution in [0.5, 0.6) is 0 Å². The monoisotopic (exact) mass is 281 g/mol. The molecule has 1 aliphatic heterocycles. The van der Waals surface area contributed by atoms with E-state index in [1.54, 1.807) is 11.8 Å². The predicted molar refractivity (Wildman–Crippen MR) is 78.0 cm³/mol. The summed E-state index contributed by atoms with van der Waals surface area (Å²) in [4.78, 5) is 28.0. The first-order chi connectivity index (χ1) is 9.58. The van der Waals surface area contributed by atoms with Crippen LogP contribution in [0.2, 0.25) is 0 Å². The Morgan fingerprint density at radius 3 is 2.30 bits per heavy atom. The van der Waals surface area contributed by atoms with Crippen molar-refractivity contribution in [3.63, 3.8) is 0 Å². The third kappa shape index (κ3) is 3.95. The summed E-state index contributed by atoms with van der Waals surface area (Å²) < 4.78 is 0. The van der Waals surface area contributed by atoms with Gasteiger partial charge in [-0.2, -0.15) is 0 Å². The third-order valence-electron chi connectivity index (χ3n) is 4.49. The van der Waals surface area contributed by atoms with Crippen molar-refractivity contribution < 1.29 is 9.59 Å². The lowest BCUT2D eigenvalue weighted by atomic mass is 10.0. The Hall–Kier alpha value is -1.10. The molecule has 114 valence electrons. The first kappa shape index (κ1) is 15.3. The quantitative estimate of drug-likeness (QED) is 0.838. The highest BCUT2D eigenvalue weighted by atomic mass is 16.2. The van der Waals surface area contributed by atoms with Gasteiger partial charge < -0.3 is 15.5 Å². The van der Waals surface area contributed by atoms with Gasteiger partial charge in [-0.3, -0.25) is 9.59 Å². The number of rotatable bonds is 3. The Bertz CT molecular complexity index is 351. The lowest BCUT2D eigenvalue weighted by molar-refractivity contribution is -0.134. The molecule has 1 atom stereocenters. The summed E-state index contributed by atoms with van der Waals surface area (Å²) in [5, 5.41) is 0. The molecule has 2 fully saturated rings. The zero-order valence-corrected chi connectivity index (χ0v) is 12.5. The van der Waals surface area contributed by atoms with Gasteiger partial charge in [0.15, 0.2) is 0 Å². The van der Waals surface area contributed by atoms with Crippen molar-refractivity contribution in [2.75, 3.05) is 26.2 Å². The van der Waals surface area contributed by atoms with Gasteiger partial charge in [-0.25, -0.2) is 0 Å². The van der Waals surface area contributed by atoms with Crippen molar-refractivity contribution in [1.29, 1.82) is 0 Å². The van der Waals surface area contributed by atoms with Crippen LogP contribution in [-0.4, -0.2) is 53.8 Å². The van der Waals surface area contributed by atoms with E-state index in [9.17, 15) is 9.59 Å². The van der Waals surface area contributed by atoms with Gasteiger partial charge in [-0.15, -0.1) is 0 Å². The summed E-state index contributed by atoms with van der Waals surface area (Å²) in [5.41, 5.74) is 5.65. The topological polar surface area (TPSA) is 66.6 Å². The molecule has 1 aliphatic carbocycles. The third-order valence-corrected chi connectivity index (χ3v) is 4.49. The van der Waals surface area contributed by atoms with Crippen LogP contribution in [0.4, 0.5) is 0 Å². The Kier molecular flexibility index (Phi) is 5.40. The number of amides is 2. The van der Waals surface area contributed by atoms with E-state index < -0.39 is 6.04 Å². The second kappa shape index (κ2) is 7.07. The Balaban J connectivity index is 1.82. The SMILES string of the molecule is C[C@H](N)C(=O)N1CCCN(C(=O)CC2CCCC2)CC1. The number of hydrogen-bond donors (Lipinski definition) is 1. The smallest absolute Gasteiger partial charge is 0.239 e. The molecular weight excluding hydrogens is 254 g/mol. The molecular formula is C15H27N3O2. The largest absolute Gasteiger partial charge is 0.341 e. The molecule has 0 bridgehead atoms. The van der Waals surface area contributed by atoms with Crippen LogP contribution in [0, 0.1) is 5.92 Å². The van der Waals surface area contributed by atoms with Crippen molar-refractivity contribution in [3.05, 3.63) is 0 Å². The second-order valence-corrected chi connectivity index (χ2v) is 6.20. The molecule has 2 aliphatic rings. The maximum absolute atomic E-state index is 12.3. The molecule has 1 saturated heterocycles. The predicted octanol–water partition coefficient (Wildman–Crippen LogP) is 0.975. The van der Waals surface area contributed by atoms with Gasteiger partial charge >= 0.3 is 0 Å². The molecule has 5 nitrogen and oxygen atoms in total. The maximum atomic E-state index is 12.3. The standard InChI is InChI=1S/C15H27N3O2/c1-12(16)15(20)18-8-4-7-17(9-10-18)14(19)11-13-5-2-3-6-13/h12-13H,2-11,16H2,1H3/t12-/m0/s1. The maximum Gasteiger partial charge on any atom is 0.239 e. The first-order valence-corrected chi connectivity index (χ1v) is 7.90. The Labute approximate surface area is 121 Å². The molecule has 0 spiro atoms. The van der Waals surface area contributed by atoms with Gasteiger partial charge in [-0.1, -0.05) is 12.8 Å². The minimum Gasteiger partial charge on any atom is -0.341 e. The van der Waals surface area contributed by atoms with Crippen LogP contribution in [0.3, 0.4) is 0 Å². The van der Waals surface area contributed by atoms with Gasteiger partial charge in [-0.05, 0) is 32.1 Å². The highest BCUT2D eigenvalue weighted by Crippen LogP contribution is 2.28. The van der Waals surface area contributed by atoms with Crippen LogP contribution in [0.1, 0.15) is 45.4 Å². The minimum atomic E-state index is -0.448. The van der Waals surface area contributed by atoms with Crippen LogP contribution in [0.25, 0.3) is 0 Å². The van der Waals surface area contributed by atoms with Crippen LogP contribution in [-0.2, 0) is 9.59 Å². The lowest BCUT2D eigenvalue weighted by Crippen LogP contribution is -2.44. The molecule has 1 heterocycles. The van der Waals surface area contributed by atoms with Gasteiger partial charge in [0, 0.05) is 32.6 Å². The van der Waals surface area contributed by atoms with E-state index in [0.29, 0.717) is 32.0 Å². The van der Waals surface area contributed by atoms with E-state index in [4.69, 9.17) is 5.73 Å². The molecule has 1 saturated carbocycles. The second-order valence-electron chi connectivity index (χ2n) is 6.20. The van der Waals surface area contributed by atoms with Crippen molar-refractivity contribution in [2.45, 2.75) is 51.5 Å². The van der Waals surface area contributed by atoms with Gasteiger partial charge in [0.25, 0.3) is 0 Å². The van der Waals surface area contributed by atoms with E-state index in [0.717, 1.165) is 13.0 Å². The average Bonchev–Trinajstić information content (AvgIpc) is 2.79. The summed E-state index contributed by atoms with van der Waals surface area (Å²) in [6.07, 6.45) is 6.50. The average molecular weight is 281 g/mol. The summed E-state index contributed by atoms with van der Waals surface area (Å²) >= 11 is 0. The number of carbonyl (C=O) groups excluding carboxylic acids is 2. The molecule has 0 aromatic carbocycles. The lowest BCUT2D eigenvalue weighted by Gasteiger charge is -2.24. The summed E-state index contributed by atoms with van der Waals surface area (Å²) in [5.74, 6) is 0.856. The first-order valence-electron chi connectivity index (χ1n) is 7.90. The molecule has 20 heavy (non-hydrogen) atoms. The van der Waals surface area contributed by atoms with E-state index in [1.165, 1.54) is 25.7 Å². The Morgan fingerprint density at radius 1 is 1.05 bits per heavy atom. The van der Waals surface area contributed by atoms with Crippen molar-refractivity contribution in [3.8, 4) is 0 Å². The summed E-state index contributed by atoms with van der Waals surface area (Å²) in [6.45, 7) is 4.49. The molecule has 0 radical (unpaired) electrons. The van der Waals surface area contributed by atoms with Gasteiger partial charge in [0.1, 0.15) is 0 Å². The zero-order chi connectivity index (χ0) is 14.5. The van der Waals surface area contributed by atoms with E-state index >= 15 is 0 Å². The fourth-order valence-corrected chi connectivity index (χ4v) is 3.27. The fraction of sp³-hybridized carbons (Fsp3) is 0.867. The van der Waals surface area contributed by atoms with Crippen molar-refractivity contribution >= 4 is 11.8 Å². The highest BCUT2D eigenvalue weighted by molar-refractivity contribution is 5.81. The number of nitrogens with two attached hydrogens (primary N) is 1. The summed E-state index contributed by atoms with van der Waals surface area (Å²) in [6, 6.07) is -0.448. The molecule has 2 N–H and O–H groups in total. The molecule has 0 aromatic rings. The summed E-state index contributed by atoms with van der Waals surface area (Å²) in [7, 11) is 0. The van der Waals surface area contributed by atoms with Crippen LogP contribution < -0.4 is 5.73 Å².